The van der Waals surface area contributed by atoms with Gasteiger partial charge in [0.15, 0.2) is 11.6 Å². The van der Waals surface area contributed by atoms with Gasteiger partial charge in [0.25, 0.3) is 11.8 Å². The average Bonchev–Trinajstić information content (AvgIpc) is 3.85. The lowest BCUT2D eigenvalue weighted by Crippen LogP contribution is -2.54. The molecule has 17 heteroatoms. The Morgan fingerprint density at radius 1 is 0.889 bits per heavy atom. The molecule has 14 nitrogen and oxygen atoms in total. The van der Waals surface area contributed by atoms with Gasteiger partial charge in [-0.25, -0.2) is 9.37 Å². The number of nitrogens with one attached hydrogen (secondary N) is 2. The van der Waals surface area contributed by atoms with E-state index in [9.17, 15) is 23.6 Å². The SMILES string of the molecule is Nc1ncc(-c2cnn(C3CCN(CCCCCCCCN4CC(CNc5cccc6c5C(=O)N([C@H]5CCC(=O)NC5=O)C6=O)C4)CC3)c2)cc1OCCc1c(Cl)ccc(F)c1Cl. The Hall–Kier alpha value is -5.09. The van der Waals surface area contributed by atoms with E-state index in [4.69, 9.17) is 38.8 Å². The molecule has 1 atom stereocenters. The van der Waals surface area contributed by atoms with Gasteiger partial charge in [-0.15, -0.1) is 0 Å². The maximum absolute atomic E-state index is 13.9. The van der Waals surface area contributed by atoms with Crippen LogP contribution in [0.5, 0.6) is 5.75 Å². The topological polar surface area (TPSA) is 168 Å². The lowest BCUT2D eigenvalue weighted by Gasteiger charge is -2.39. The van der Waals surface area contributed by atoms with Gasteiger partial charge in [0.2, 0.25) is 11.8 Å². The van der Waals surface area contributed by atoms with Crippen LogP contribution in [0.15, 0.2) is 55.0 Å². The standard InChI is InChI=1S/C46H54Cl2FN9O5/c47-35-10-11-36(49)42(48)33(35)16-21-63-39-22-30(24-52-43(39)50)31-25-53-57(28-31)32-14-19-55(20-15-32)17-5-3-1-2-4-6-18-56-26-29(27-56)23-51-37-9-7-8-34-41(37)46(62)58(45(34)61)38-12-13-40(59)54-44(38)60/h7-11,22,24-25,28-29,32,38,51H,1-6,12-21,23,26-27H2,(H2,50,52)(H,54,59,60)/t38-/m0/s1. The highest BCUT2D eigenvalue weighted by Crippen LogP contribution is 2.34. The van der Waals surface area contributed by atoms with Crippen molar-refractivity contribution in [2.45, 2.75) is 82.7 Å². The first-order valence-electron chi connectivity index (χ1n) is 22.1. The molecule has 6 heterocycles. The summed E-state index contributed by atoms with van der Waals surface area (Å²) in [7, 11) is 0. The third kappa shape index (κ3) is 10.3. The molecule has 2 aromatic heterocycles. The van der Waals surface area contributed by atoms with Gasteiger partial charge in [-0.1, -0.05) is 55.0 Å². The number of amides is 4. The average molecular weight is 903 g/mol. The highest BCUT2D eigenvalue weighted by atomic mass is 35.5. The van der Waals surface area contributed by atoms with Crippen LogP contribution in [0.25, 0.3) is 11.1 Å². The first-order chi connectivity index (χ1) is 30.5. The van der Waals surface area contributed by atoms with Crippen LogP contribution in [0.2, 0.25) is 10.0 Å². The van der Waals surface area contributed by atoms with Crippen LogP contribution in [-0.2, 0) is 16.0 Å². The minimum Gasteiger partial charge on any atom is -0.489 e. The maximum Gasteiger partial charge on any atom is 0.264 e. The predicted octanol–water partition coefficient (Wildman–Crippen LogP) is 7.02. The number of anilines is 2. The number of nitrogens with two attached hydrogens (primary N) is 1. The second-order valence-electron chi connectivity index (χ2n) is 17.1. The Morgan fingerprint density at radius 2 is 1.63 bits per heavy atom. The lowest BCUT2D eigenvalue weighted by molar-refractivity contribution is -0.136. The normalized spacial score (nSPS) is 18.8. The minimum atomic E-state index is -0.972. The zero-order valence-corrected chi connectivity index (χ0v) is 36.8. The first kappa shape index (κ1) is 44.5. The van der Waals surface area contributed by atoms with E-state index in [1.54, 1.807) is 24.4 Å². The number of carbonyl (C=O) groups is 4. The number of rotatable bonds is 19. The van der Waals surface area contributed by atoms with Gasteiger partial charge in [-0.3, -0.25) is 34.1 Å². The molecule has 63 heavy (non-hydrogen) atoms. The summed E-state index contributed by atoms with van der Waals surface area (Å²) in [4.78, 5) is 61.0. The van der Waals surface area contributed by atoms with E-state index in [1.165, 1.54) is 50.7 Å². The molecular weight excluding hydrogens is 848 g/mol. The highest BCUT2D eigenvalue weighted by molar-refractivity contribution is 6.36. The summed E-state index contributed by atoms with van der Waals surface area (Å²) >= 11 is 12.3. The van der Waals surface area contributed by atoms with E-state index in [0.717, 1.165) is 68.1 Å². The molecule has 4 aromatic rings. The van der Waals surface area contributed by atoms with Crippen LogP contribution in [0.4, 0.5) is 15.9 Å². The number of carbonyl (C=O) groups excluding carboxylic acids is 4. The molecule has 8 rings (SSSR count). The molecule has 334 valence electrons. The Balaban J connectivity index is 0.670. The van der Waals surface area contributed by atoms with Crippen molar-refractivity contribution >= 4 is 58.3 Å². The number of ether oxygens (including phenoxy) is 1. The largest absolute Gasteiger partial charge is 0.489 e. The van der Waals surface area contributed by atoms with E-state index < -0.39 is 29.6 Å². The third-order valence-electron chi connectivity index (χ3n) is 12.8. The van der Waals surface area contributed by atoms with Crippen LogP contribution in [0.1, 0.15) is 96.5 Å². The quantitative estimate of drug-likeness (QED) is 0.0503. The number of halogens is 3. The third-order valence-corrected chi connectivity index (χ3v) is 13.5. The minimum absolute atomic E-state index is 0.00388. The van der Waals surface area contributed by atoms with E-state index in [2.05, 4.69) is 36.3 Å². The van der Waals surface area contributed by atoms with Crippen LogP contribution in [0.3, 0.4) is 0 Å². The van der Waals surface area contributed by atoms with Crippen molar-refractivity contribution in [3.05, 3.63) is 87.5 Å². The van der Waals surface area contributed by atoms with Crippen molar-refractivity contribution in [2.24, 2.45) is 5.92 Å². The summed E-state index contributed by atoms with van der Waals surface area (Å²) in [5.74, 6) is -1.34. The molecule has 4 amide bonds. The molecule has 0 spiro atoms. The van der Waals surface area contributed by atoms with E-state index in [1.807, 2.05) is 12.3 Å². The van der Waals surface area contributed by atoms with Crippen molar-refractivity contribution < 1.29 is 28.3 Å². The van der Waals surface area contributed by atoms with Crippen molar-refractivity contribution in [1.29, 1.82) is 0 Å². The molecule has 2 aromatic carbocycles. The van der Waals surface area contributed by atoms with Crippen molar-refractivity contribution in [3.8, 4) is 16.9 Å². The number of aromatic nitrogens is 3. The molecule has 4 aliphatic heterocycles. The monoisotopic (exact) mass is 901 g/mol. The number of likely N-dealkylation sites (tertiary alicyclic amines) is 2. The molecule has 4 aliphatic rings. The van der Waals surface area contributed by atoms with Gasteiger partial charge in [-0.05, 0) is 81.1 Å². The van der Waals surface area contributed by atoms with Gasteiger partial charge in [0.1, 0.15) is 11.9 Å². The van der Waals surface area contributed by atoms with Crippen molar-refractivity contribution in [2.75, 3.05) is 63.5 Å². The fourth-order valence-corrected chi connectivity index (χ4v) is 9.73. The molecule has 0 radical (unpaired) electrons. The van der Waals surface area contributed by atoms with E-state index in [-0.39, 0.29) is 36.2 Å². The van der Waals surface area contributed by atoms with Gasteiger partial charge in [0, 0.05) is 85.7 Å². The Bertz CT molecular complexity index is 2330. The number of unbranched alkanes of at least 4 members (excludes halogenated alkanes) is 5. The molecule has 3 fully saturated rings. The van der Waals surface area contributed by atoms with Gasteiger partial charge in [-0.2, -0.15) is 5.10 Å². The maximum atomic E-state index is 13.9. The first-order valence-corrected chi connectivity index (χ1v) is 22.9. The number of fused-ring (bicyclic) bond motifs is 1. The smallest absolute Gasteiger partial charge is 0.264 e. The highest BCUT2D eigenvalue weighted by Gasteiger charge is 2.45. The number of nitrogens with zero attached hydrogens (tertiary/aromatic N) is 6. The van der Waals surface area contributed by atoms with Crippen molar-refractivity contribution in [3.63, 3.8) is 0 Å². The van der Waals surface area contributed by atoms with Crippen LogP contribution in [0, 0.1) is 11.7 Å². The molecule has 4 N–H and O–H groups in total. The lowest BCUT2D eigenvalue weighted by atomic mass is 9.98. The number of hydrogen-bond donors (Lipinski definition) is 3. The van der Waals surface area contributed by atoms with Gasteiger partial charge >= 0.3 is 0 Å². The summed E-state index contributed by atoms with van der Waals surface area (Å²) in [5, 5.41) is 10.7. The van der Waals surface area contributed by atoms with E-state index in [0.29, 0.717) is 58.1 Å². The number of hydrogen-bond acceptors (Lipinski definition) is 11. The van der Waals surface area contributed by atoms with Gasteiger partial charge in [0.05, 0.1) is 35.0 Å². The molecule has 0 aliphatic carbocycles. The zero-order valence-electron chi connectivity index (χ0n) is 35.3. The van der Waals surface area contributed by atoms with Gasteiger partial charge < -0.3 is 25.6 Å². The molecule has 0 saturated carbocycles. The summed E-state index contributed by atoms with van der Waals surface area (Å²) in [5.41, 5.74) is 9.59. The number of imide groups is 2. The van der Waals surface area contributed by atoms with Crippen molar-refractivity contribution in [1.82, 2.24) is 34.8 Å². The summed E-state index contributed by atoms with van der Waals surface area (Å²) in [6, 6.07) is 9.12. The number of nitrogen functional groups attached to an aromatic ring is 1. The second-order valence-corrected chi connectivity index (χ2v) is 17.9. The summed E-state index contributed by atoms with van der Waals surface area (Å²) in [6.45, 7) is 7.24. The fourth-order valence-electron chi connectivity index (χ4n) is 9.17. The Labute approximate surface area is 376 Å². The second kappa shape index (κ2) is 20.2. The van der Waals surface area contributed by atoms with E-state index >= 15 is 0 Å². The molecule has 3 saturated heterocycles. The Morgan fingerprint density at radius 3 is 2.40 bits per heavy atom. The molecule has 0 bridgehead atoms. The summed E-state index contributed by atoms with van der Waals surface area (Å²) in [6.07, 6.45) is 15.7. The van der Waals surface area contributed by atoms with Crippen LogP contribution >= 0.6 is 23.2 Å². The Kier molecular flexibility index (Phi) is 14.3. The summed E-state index contributed by atoms with van der Waals surface area (Å²) < 4.78 is 21.9. The van der Waals surface area contributed by atoms with Crippen LogP contribution in [-0.4, -0.2) is 112 Å². The fraction of sp³-hybridized carbons (Fsp3) is 0.478. The molecular formula is C46H54Cl2FN9O5. The zero-order chi connectivity index (χ0) is 44.0. The predicted molar refractivity (Wildman–Crippen MR) is 239 cm³/mol. The molecule has 0 unspecified atom stereocenters. The van der Waals surface area contributed by atoms with Crippen LogP contribution < -0.4 is 21.1 Å². The number of pyridine rings is 1. The number of piperidine rings is 2. The number of benzene rings is 2.